The summed E-state index contributed by atoms with van der Waals surface area (Å²) < 4.78 is 6.20. The van der Waals surface area contributed by atoms with E-state index in [4.69, 9.17) is 4.74 Å². The molecule has 0 saturated carbocycles. The number of nitrogens with zero attached hydrogens (tertiary/aromatic N) is 4. The van der Waals surface area contributed by atoms with Crippen LogP contribution in [0.5, 0.6) is 5.75 Å². The fraction of sp³-hybridized carbons (Fsp3) is 0.633. The summed E-state index contributed by atoms with van der Waals surface area (Å²) in [5.74, 6) is 1.63. The maximum Gasteiger partial charge on any atom is 0.236 e. The number of hydrogen-bond acceptors (Lipinski definition) is 5. The maximum atomic E-state index is 13.7. The molecule has 3 amide bonds. The van der Waals surface area contributed by atoms with E-state index in [2.05, 4.69) is 23.1 Å². The first-order valence-corrected chi connectivity index (χ1v) is 14.3. The van der Waals surface area contributed by atoms with E-state index in [0.717, 1.165) is 56.8 Å². The lowest BCUT2D eigenvalue weighted by Gasteiger charge is -2.41. The van der Waals surface area contributed by atoms with Gasteiger partial charge in [0.2, 0.25) is 17.7 Å². The summed E-state index contributed by atoms with van der Waals surface area (Å²) in [4.78, 5) is 46.5. The highest BCUT2D eigenvalue weighted by atomic mass is 16.5. The number of rotatable bonds is 5. The maximum absolute atomic E-state index is 13.7. The van der Waals surface area contributed by atoms with Crippen molar-refractivity contribution in [2.75, 3.05) is 52.4 Å². The van der Waals surface area contributed by atoms with Crippen LogP contribution in [0.1, 0.15) is 52.0 Å². The summed E-state index contributed by atoms with van der Waals surface area (Å²) in [6.45, 7) is 11.3. The Morgan fingerprint density at radius 1 is 1.03 bits per heavy atom. The molecule has 1 aromatic rings. The highest BCUT2D eigenvalue weighted by molar-refractivity contribution is 5.79. The van der Waals surface area contributed by atoms with Gasteiger partial charge in [0.1, 0.15) is 12.4 Å². The number of hydrogen-bond donors (Lipinski definition) is 0. The Kier molecular flexibility index (Phi) is 9.83. The number of carbonyl (C=O) groups is 3. The van der Waals surface area contributed by atoms with Crippen molar-refractivity contribution in [1.82, 2.24) is 19.6 Å². The van der Waals surface area contributed by atoms with Crippen molar-refractivity contribution in [2.45, 2.75) is 59.0 Å². The third-order valence-corrected chi connectivity index (χ3v) is 8.54. The van der Waals surface area contributed by atoms with E-state index < -0.39 is 0 Å². The second-order valence-corrected chi connectivity index (χ2v) is 10.8. The Morgan fingerprint density at radius 2 is 1.76 bits per heavy atom. The number of piperidine rings is 2. The zero-order valence-corrected chi connectivity index (χ0v) is 23.3. The molecule has 0 unspecified atom stereocenters. The standard InChI is InChI=1S/C30H44N4O4/c1-4-31(5-2)29(36)19-24-12-15-33-20-25(24)10-8-18-38-28-11-7-6-9-26(28)21-34(22-30(33)37)27-13-16-32(17-14-27)23(3)35/h6-11,24-25,27H,4-5,12-22H2,1-3H3/b10-8+/t24-,25-/m0/s1. The summed E-state index contributed by atoms with van der Waals surface area (Å²) in [6.07, 6.45) is 7.27. The number of ether oxygens (including phenoxy) is 1. The van der Waals surface area contributed by atoms with E-state index in [9.17, 15) is 14.4 Å². The van der Waals surface area contributed by atoms with Gasteiger partial charge < -0.3 is 19.4 Å². The summed E-state index contributed by atoms with van der Waals surface area (Å²) in [6, 6.07) is 8.30. The molecule has 0 aromatic heterocycles. The third kappa shape index (κ3) is 6.95. The van der Waals surface area contributed by atoms with E-state index >= 15 is 0 Å². The lowest BCUT2D eigenvalue weighted by atomic mass is 9.82. The van der Waals surface area contributed by atoms with Crippen LogP contribution in [0.2, 0.25) is 0 Å². The van der Waals surface area contributed by atoms with Crippen molar-refractivity contribution >= 4 is 17.7 Å². The van der Waals surface area contributed by atoms with Gasteiger partial charge in [-0.25, -0.2) is 0 Å². The molecule has 2 saturated heterocycles. The average molecular weight is 525 g/mol. The predicted molar refractivity (Wildman–Crippen MR) is 147 cm³/mol. The molecule has 3 aliphatic rings. The Hall–Kier alpha value is -2.87. The van der Waals surface area contributed by atoms with E-state index in [-0.39, 0.29) is 35.6 Å². The second-order valence-electron chi connectivity index (χ2n) is 10.8. The van der Waals surface area contributed by atoms with Crippen molar-refractivity contribution in [1.29, 1.82) is 0 Å². The average Bonchev–Trinajstić information content (AvgIpc) is 2.93. The minimum Gasteiger partial charge on any atom is -0.489 e. The van der Waals surface area contributed by atoms with Crippen LogP contribution in [-0.2, 0) is 20.9 Å². The Balaban J connectivity index is 1.54. The first kappa shape index (κ1) is 28.1. The van der Waals surface area contributed by atoms with E-state index in [0.29, 0.717) is 39.2 Å². The highest BCUT2D eigenvalue weighted by Crippen LogP contribution is 2.30. The Bertz CT molecular complexity index is 1000. The highest BCUT2D eigenvalue weighted by Gasteiger charge is 2.34. The number of likely N-dealkylation sites (tertiary alicyclic amines) is 1. The summed E-state index contributed by atoms with van der Waals surface area (Å²) in [5, 5.41) is 0. The molecule has 8 heteroatoms. The number of benzene rings is 1. The van der Waals surface area contributed by atoms with Gasteiger partial charge in [0.25, 0.3) is 0 Å². The molecule has 3 heterocycles. The van der Waals surface area contributed by atoms with Crippen LogP contribution >= 0.6 is 0 Å². The van der Waals surface area contributed by atoms with Crippen LogP contribution in [0, 0.1) is 11.8 Å². The normalized spacial score (nSPS) is 24.3. The molecule has 3 aliphatic heterocycles. The van der Waals surface area contributed by atoms with Gasteiger partial charge >= 0.3 is 0 Å². The number of para-hydroxylation sites is 1. The van der Waals surface area contributed by atoms with Crippen LogP contribution in [0.3, 0.4) is 0 Å². The van der Waals surface area contributed by atoms with Crippen molar-refractivity contribution in [3.8, 4) is 5.75 Å². The van der Waals surface area contributed by atoms with Crippen molar-refractivity contribution in [3.05, 3.63) is 42.0 Å². The summed E-state index contributed by atoms with van der Waals surface area (Å²) in [5.41, 5.74) is 1.07. The van der Waals surface area contributed by atoms with Crippen LogP contribution in [0.25, 0.3) is 0 Å². The van der Waals surface area contributed by atoms with Gasteiger partial charge in [0.15, 0.2) is 0 Å². The van der Waals surface area contributed by atoms with E-state index in [1.165, 1.54) is 0 Å². The van der Waals surface area contributed by atoms with Crippen molar-refractivity contribution < 1.29 is 19.1 Å². The van der Waals surface area contributed by atoms with Gasteiger partial charge in [-0.1, -0.05) is 30.4 Å². The van der Waals surface area contributed by atoms with Crippen LogP contribution < -0.4 is 4.74 Å². The second kappa shape index (κ2) is 13.3. The molecule has 2 atom stereocenters. The molecular weight excluding hydrogens is 480 g/mol. The molecule has 4 rings (SSSR count). The topological polar surface area (TPSA) is 73.4 Å². The number of amides is 3. The molecule has 208 valence electrons. The SMILES string of the molecule is CCN(CC)C(=O)C[C@@H]1CCN2C[C@@H]1/C=C/COc1ccccc1CN(C1CCN(C(C)=O)CC1)CC2=O. The lowest BCUT2D eigenvalue weighted by molar-refractivity contribution is -0.137. The number of fused-ring (bicyclic) bond motifs is 3. The van der Waals surface area contributed by atoms with Crippen molar-refractivity contribution in [3.63, 3.8) is 0 Å². The minimum atomic E-state index is 0.115. The molecular formula is C30H44N4O4. The molecule has 0 spiro atoms. The van der Waals surface area contributed by atoms with Gasteiger partial charge in [0.05, 0.1) is 6.54 Å². The first-order valence-electron chi connectivity index (χ1n) is 14.3. The van der Waals surface area contributed by atoms with Crippen LogP contribution in [0.15, 0.2) is 36.4 Å². The molecule has 2 bridgehead atoms. The molecule has 38 heavy (non-hydrogen) atoms. The first-order chi connectivity index (χ1) is 18.4. The minimum absolute atomic E-state index is 0.115. The van der Waals surface area contributed by atoms with Crippen LogP contribution in [-0.4, -0.2) is 95.8 Å². The molecule has 8 nitrogen and oxygen atoms in total. The lowest BCUT2D eigenvalue weighted by Crippen LogP contribution is -2.51. The molecule has 0 radical (unpaired) electrons. The van der Waals surface area contributed by atoms with Gasteiger partial charge in [-0.3, -0.25) is 19.3 Å². The van der Waals surface area contributed by atoms with Gasteiger partial charge in [-0.05, 0) is 51.0 Å². The smallest absolute Gasteiger partial charge is 0.236 e. The largest absolute Gasteiger partial charge is 0.489 e. The molecule has 2 fully saturated rings. The summed E-state index contributed by atoms with van der Waals surface area (Å²) >= 11 is 0. The summed E-state index contributed by atoms with van der Waals surface area (Å²) in [7, 11) is 0. The zero-order valence-electron chi connectivity index (χ0n) is 23.3. The predicted octanol–water partition coefficient (Wildman–Crippen LogP) is 3.17. The fourth-order valence-corrected chi connectivity index (χ4v) is 6.15. The molecule has 0 aliphatic carbocycles. The number of carbonyl (C=O) groups excluding carboxylic acids is 3. The van der Waals surface area contributed by atoms with Gasteiger partial charge in [0, 0.05) is 70.8 Å². The Morgan fingerprint density at radius 3 is 2.47 bits per heavy atom. The zero-order chi connectivity index (χ0) is 27.1. The molecule has 0 N–H and O–H groups in total. The Labute approximate surface area is 227 Å². The van der Waals surface area contributed by atoms with Crippen molar-refractivity contribution in [2.24, 2.45) is 11.8 Å². The quantitative estimate of drug-likeness (QED) is 0.554. The van der Waals surface area contributed by atoms with Crippen LogP contribution in [0.4, 0.5) is 0 Å². The van der Waals surface area contributed by atoms with E-state index in [1.54, 1.807) is 6.92 Å². The van der Waals surface area contributed by atoms with E-state index in [1.807, 2.05) is 46.7 Å². The third-order valence-electron chi connectivity index (χ3n) is 8.54. The monoisotopic (exact) mass is 524 g/mol. The van der Waals surface area contributed by atoms with Gasteiger partial charge in [-0.2, -0.15) is 0 Å². The van der Waals surface area contributed by atoms with Gasteiger partial charge in [-0.15, -0.1) is 0 Å². The fourth-order valence-electron chi connectivity index (χ4n) is 6.15. The molecule has 1 aromatic carbocycles.